The maximum absolute atomic E-state index is 12.4. The number of benzene rings is 1. The zero-order valence-electron chi connectivity index (χ0n) is 15.2. The summed E-state index contributed by atoms with van der Waals surface area (Å²) in [4.78, 5) is 30.5. The fraction of sp³-hybridized carbons (Fsp3) is 0.444. The molecule has 3 rings (SSSR count). The second-order valence-corrected chi connectivity index (χ2v) is 6.39. The average molecular weight is 394 g/mol. The molecular weight excluding hydrogens is 374 g/mol. The van der Waals surface area contributed by atoms with Crippen molar-refractivity contribution in [1.29, 1.82) is 0 Å². The SMILES string of the molecule is Cc1noc(C2CCN(C(=O)CNC(=O)c3ccccc3OC(F)F)CC2)n1. The molecule has 1 aromatic heterocycles. The Morgan fingerprint density at radius 1 is 1.32 bits per heavy atom. The Hall–Kier alpha value is -3.04. The van der Waals surface area contributed by atoms with Crippen molar-refractivity contribution in [2.24, 2.45) is 0 Å². The van der Waals surface area contributed by atoms with Crippen LogP contribution in [0.4, 0.5) is 8.78 Å². The summed E-state index contributed by atoms with van der Waals surface area (Å²) in [6, 6.07) is 5.64. The summed E-state index contributed by atoms with van der Waals surface area (Å²) in [6.45, 7) is -0.512. The zero-order valence-corrected chi connectivity index (χ0v) is 15.2. The fourth-order valence-corrected chi connectivity index (χ4v) is 3.07. The van der Waals surface area contributed by atoms with Crippen LogP contribution in [-0.2, 0) is 4.79 Å². The fourth-order valence-electron chi connectivity index (χ4n) is 3.07. The van der Waals surface area contributed by atoms with Gasteiger partial charge in [-0.05, 0) is 31.9 Å². The van der Waals surface area contributed by atoms with Crippen molar-refractivity contribution in [3.05, 3.63) is 41.5 Å². The minimum absolute atomic E-state index is 0.0546. The summed E-state index contributed by atoms with van der Waals surface area (Å²) in [7, 11) is 0. The topological polar surface area (TPSA) is 97.6 Å². The standard InChI is InChI=1S/C18H20F2N4O4/c1-11-22-17(28-23-11)12-6-8-24(9-7-12)15(25)10-21-16(26)13-4-2-3-5-14(13)27-18(19)20/h2-5,12,18H,6-10H2,1H3,(H,21,26). The highest BCUT2D eigenvalue weighted by Crippen LogP contribution is 2.26. The number of para-hydroxylation sites is 1. The first-order chi connectivity index (χ1) is 13.4. The van der Waals surface area contributed by atoms with E-state index in [1.165, 1.54) is 24.3 Å². The third-order valence-corrected chi connectivity index (χ3v) is 4.49. The van der Waals surface area contributed by atoms with Crippen molar-refractivity contribution in [3.8, 4) is 5.75 Å². The van der Waals surface area contributed by atoms with Crippen molar-refractivity contribution in [2.45, 2.75) is 32.3 Å². The highest BCUT2D eigenvalue weighted by Gasteiger charge is 2.27. The van der Waals surface area contributed by atoms with Gasteiger partial charge in [-0.15, -0.1) is 0 Å². The van der Waals surface area contributed by atoms with Gasteiger partial charge in [0.2, 0.25) is 11.8 Å². The molecule has 2 aromatic rings. The van der Waals surface area contributed by atoms with Crippen LogP contribution in [0.15, 0.2) is 28.8 Å². The number of carbonyl (C=O) groups is 2. The molecule has 8 nitrogen and oxygen atoms in total. The molecule has 1 N–H and O–H groups in total. The van der Waals surface area contributed by atoms with Crippen LogP contribution in [0.1, 0.15) is 40.8 Å². The second kappa shape index (κ2) is 8.77. The van der Waals surface area contributed by atoms with E-state index in [2.05, 4.69) is 20.2 Å². The predicted octanol–water partition coefficient (Wildman–Crippen LogP) is 2.12. The number of carbonyl (C=O) groups excluding carboxylic acids is 2. The number of hydrogen-bond acceptors (Lipinski definition) is 6. The average Bonchev–Trinajstić information content (AvgIpc) is 3.12. The summed E-state index contributed by atoms with van der Waals surface area (Å²) < 4.78 is 34.4. The molecule has 1 aliphatic rings. The number of nitrogens with zero attached hydrogens (tertiary/aromatic N) is 3. The highest BCUT2D eigenvalue weighted by atomic mass is 19.3. The zero-order chi connectivity index (χ0) is 20.1. The first-order valence-electron chi connectivity index (χ1n) is 8.84. The van der Waals surface area contributed by atoms with Crippen LogP contribution in [0.3, 0.4) is 0 Å². The van der Waals surface area contributed by atoms with Crippen molar-refractivity contribution < 1.29 is 27.6 Å². The van der Waals surface area contributed by atoms with Crippen molar-refractivity contribution in [1.82, 2.24) is 20.4 Å². The molecule has 1 aromatic carbocycles. The maximum atomic E-state index is 12.4. The van der Waals surface area contributed by atoms with E-state index in [0.717, 1.165) is 0 Å². The number of aromatic nitrogens is 2. The Bertz CT molecular complexity index is 834. The molecule has 0 atom stereocenters. The van der Waals surface area contributed by atoms with Gasteiger partial charge in [-0.2, -0.15) is 13.8 Å². The molecule has 1 fully saturated rings. The quantitative estimate of drug-likeness (QED) is 0.806. The van der Waals surface area contributed by atoms with Gasteiger partial charge in [-0.3, -0.25) is 9.59 Å². The van der Waals surface area contributed by atoms with E-state index in [1.807, 2.05) is 0 Å². The van der Waals surface area contributed by atoms with E-state index >= 15 is 0 Å². The van der Waals surface area contributed by atoms with Crippen molar-refractivity contribution in [3.63, 3.8) is 0 Å². The molecule has 10 heteroatoms. The van der Waals surface area contributed by atoms with Crippen LogP contribution in [0.2, 0.25) is 0 Å². The highest BCUT2D eigenvalue weighted by molar-refractivity contribution is 5.98. The van der Waals surface area contributed by atoms with Crippen LogP contribution in [0.25, 0.3) is 0 Å². The molecule has 0 radical (unpaired) electrons. The van der Waals surface area contributed by atoms with Gasteiger partial charge in [-0.1, -0.05) is 17.3 Å². The Morgan fingerprint density at radius 2 is 2.04 bits per heavy atom. The van der Waals surface area contributed by atoms with Crippen LogP contribution in [0, 0.1) is 6.92 Å². The first kappa shape index (κ1) is 19.7. The third kappa shape index (κ3) is 4.81. The molecular formula is C18H20F2N4O4. The van der Waals surface area contributed by atoms with Crippen LogP contribution in [0.5, 0.6) is 5.75 Å². The molecule has 0 bridgehead atoms. The minimum Gasteiger partial charge on any atom is -0.434 e. The number of piperidine rings is 1. The van der Waals surface area contributed by atoms with Gasteiger partial charge in [-0.25, -0.2) is 0 Å². The molecule has 2 amide bonds. The van der Waals surface area contributed by atoms with E-state index in [9.17, 15) is 18.4 Å². The van der Waals surface area contributed by atoms with Crippen LogP contribution >= 0.6 is 0 Å². The smallest absolute Gasteiger partial charge is 0.387 e. The molecule has 0 saturated carbocycles. The number of ether oxygens (including phenoxy) is 1. The number of aryl methyl sites for hydroxylation is 1. The lowest BCUT2D eigenvalue weighted by Crippen LogP contribution is -2.43. The van der Waals surface area contributed by atoms with Gasteiger partial charge in [0, 0.05) is 19.0 Å². The summed E-state index contributed by atoms with van der Waals surface area (Å²) in [5.41, 5.74) is -0.0546. The van der Waals surface area contributed by atoms with Crippen LogP contribution < -0.4 is 10.1 Å². The monoisotopic (exact) mass is 394 g/mol. The lowest BCUT2D eigenvalue weighted by molar-refractivity contribution is -0.131. The molecule has 150 valence electrons. The van der Waals surface area contributed by atoms with Crippen molar-refractivity contribution in [2.75, 3.05) is 19.6 Å². The number of nitrogens with one attached hydrogen (secondary N) is 1. The van der Waals surface area contributed by atoms with Gasteiger partial charge in [0.1, 0.15) is 5.75 Å². The van der Waals surface area contributed by atoms with E-state index < -0.39 is 12.5 Å². The molecule has 0 aliphatic carbocycles. The lowest BCUT2D eigenvalue weighted by atomic mass is 9.97. The number of hydrogen-bond donors (Lipinski definition) is 1. The number of halogens is 2. The predicted molar refractivity (Wildman–Crippen MR) is 93.0 cm³/mol. The largest absolute Gasteiger partial charge is 0.434 e. The van der Waals surface area contributed by atoms with Crippen LogP contribution in [-0.4, -0.2) is 53.1 Å². The molecule has 28 heavy (non-hydrogen) atoms. The summed E-state index contributed by atoms with van der Waals surface area (Å²) in [5, 5.41) is 6.24. The van der Waals surface area contributed by atoms with E-state index in [4.69, 9.17) is 4.52 Å². The van der Waals surface area contributed by atoms with E-state index in [0.29, 0.717) is 37.6 Å². The molecule has 1 saturated heterocycles. The molecule has 1 aliphatic heterocycles. The molecule has 0 unspecified atom stereocenters. The Labute approximate surface area is 159 Å². The van der Waals surface area contributed by atoms with E-state index in [-0.39, 0.29) is 29.7 Å². The Balaban J connectivity index is 1.50. The second-order valence-electron chi connectivity index (χ2n) is 6.39. The summed E-state index contributed by atoms with van der Waals surface area (Å²) >= 11 is 0. The first-order valence-corrected chi connectivity index (χ1v) is 8.84. The maximum Gasteiger partial charge on any atom is 0.387 e. The number of likely N-dealkylation sites (tertiary alicyclic amines) is 1. The number of amides is 2. The Morgan fingerprint density at radius 3 is 2.68 bits per heavy atom. The van der Waals surface area contributed by atoms with Gasteiger partial charge < -0.3 is 19.5 Å². The van der Waals surface area contributed by atoms with Gasteiger partial charge in [0.25, 0.3) is 5.91 Å². The van der Waals surface area contributed by atoms with Crippen molar-refractivity contribution >= 4 is 11.8 Å². The summed E-state index contributed by atoms with van der Waals surface area (Å²) in [6.07, 6.45) is 1.37. The third-order valence-electron chi connectivity index (χ3n) is 4.49. The molecule has 0 spiro atoms. The van der Waals surface area contributed by atoms with Gasteiger partial charge in [0.05, 0.1) is 12.1 Å². The molecule has 2 heterocycles. The number of alkyl halides is 2. The van der Waals surface area contributed by atoms with Gasteiger partial charge >= 0.3 is 6.61 Å². The minimum atomic E-state index is -3.04. The van der Waals surface area contributed by atoms with E-state index in [1.54, 1.807) is 11.8 Å². The van der Waals surface area contributed by atoms with Gasteiger partial charge in [0.15, 0.2) is 5.82 Å². The summed E-state index contributed by atoms with van der Waals surface area (Å²) in [5.74, 6) is 0.124. The number of rotatable bonds is 6. The lowest BCUT2D eigenvalue weighted by Gasteiger charge is -2.30. The normalized spacial score (nSPS) is 14.9. The Kier molecular flexibility index (Phi) is 6.17.